The van der Waals surface area contributed by atoms with Crippen molar-refractivity contribution in [1.82, 2.24) is 4.98 Å². The van der Waals surface area contributed by atoms with Gasteiger partial charge in [0.1, 0.15) is 23.0 Å². The number of halogens is 2. The van der Waals surface area contributed by atoms with Crippen LogP contribution in [0.2, 0.25) is 5.02 Å². The van der Waals surface area contributed by atoms with Crippen LogP contribution in [0.1, 0.15) is 49.4 Å². The highest BCUT2D eigenvalue weighted by molar-refractivity contribution is 6.36. The summed E-state index contributed by atoms with van der Waals surface area (Å²) in [5, 5.41) is 3.12. The van der Waals surface area contributed by atoms with Gasteiger partial charge in [-0.3, -0.25) is 14.6 Å². The van der Waals surface area contributed by atoms with Crippen LogP contribution in [0.15, 0.2) is 66.9 Å². The van der Waals surface area contributed by atoms with E-state index in [-0.39, 0.29) is 17.0 Å². The van der Waals surface area contributed by atoms with E-state index in [9.17, 15) is 9.59 Å². The molecule has 0 fully saturated rings. The van der Waals surface area contributed by atoms with Gasteiger partial charge >= 0.3 is 0 Å². The fourth-order valence-electron chi connectivity index (χ4n) is 4.58. The zero-order valence-corrected chi connectivity index (χ0v) is 25.0. The lowest BCUT2D eigenvalue weighted by Gasteiger charge is -2.17. The Kier molecular flexibility index (Phi) is 10.3. The van der Waals surface area contributed by atoms with Crippen molar-refractivity contribution in [3.05, 3.63) is 105 Å². The number of carbonyl (C=O) groups excluding carboxylic acids is 2. The Bertz CT molecular complexity index is 1690. The number of nitrogens with one attached hydrogen (secondary N) is 1. The third-order valence-corrected chi connectivity index (χ3v) is 7.27. The average Bonchev–Trinajstić information content (AvgIpc) is 3.03. The number of hydrogen-bond acceptors (Lipinski definition) is 7. The average molecular weight is 605 g/mol. The van der Waals surface area contributed by atoms with E-state index in [1.807, 2.05) is 19.1 Å². The summed E-state index contributed by atoms with van der Waals surface area (Å²) in [6.45, 7) is 1.86. The van der Waals surface area contributed by atoms with Crippen LogP contribution >= 0.6 is 11.6 Å². The van der Waals surface area contributed by atoms with Crippen LogP contribution in [0.4, 0.5) is 10.1 Å². The zero-order chi connectivity index (χ0) is 31.1. The summed E-state index contributed by atoms with van der Waals surface area (Å²) in [4.78, 5) is 28.6. The van der Waals surface area contributed by atoms with Gasteiger partial charge in [0.15, 0.2) is 12.6 Å². The Hall–Kier alpha value is -4.57. The number of hydrogen-bond donors (Lipinski definition) is 1. The van der Waals surface area contributed by atoms with Gasteiger partial charge in [0, 0.05) is 37.6 Å². The number of amides is 1. The molecule has 0 spiro atoms. The van der Waals surface area contributed by atoms with Gasteiger partial charge in [-0.05, 0) is 47.9 Å². The Morgan fingerprint density at radius 1 is 0.930 bits per heavy atom. The molecule has 0 unspecified atom stereocenters. The van der Waals surface area contributed by atoms with Crippen LogP contribution < -0.4 is 14.8 Å². The van der Waals surface area contributed by atoms with E-state index in [0.717, 1.165) is 11.1 Å². The zero-order valence-electron chi connectivity index (χ0n) is 24.2. The maximum atomic E-state index is 15.3. The Morgan fingerprint density at radius 2 is 1.63 bits per heavy atom. The monoisotopic (exact) mass is 604 g/mol. The topological polar surface area (TPSA) is 96.0 Å². The minimum atomic E-state index is -0.709. The molecular formula is C33H30ClFN2O6. The minimum absolute atomic E-state index is 0.102. The van der Waals surface area contributed by atoms with E-state index >= 15 is 4.39 Å². The number of methoxy groups -OCH3 is 4. The number of aldehydes is 1. The standard InChI is InChI=1S/C33H30ClFN2O6/c1-19-20(14-26(35)21-12-13-22(18-38)29(15-21)40-2)8-6-9-23(19)24-10-7-11-27(31(24)34)37-32(39)28-16-30(41-3)25(17-36-28)33(42-4)43-5/h6-18,33H,1-5H3,(H,37,39)/b26-14-. The molecule has 0 saturated heterocycles. The Morgan fingerprint density at radius 3 is 2.30 bits per heavy atom. The van der Waals surface area contributed by atoms with Gasteiger partial charge in [0.2, 0.25) is 0 Å². The molecule has 0 aliphatic heterocycles. The molecule has 8 nitrogen and oxygen atoms in total. The predicted octanol–water partition coefficient (Wildman–Crippen LogP) is 7.55. The molecule has 10 heteroatoms. The number of benzene rings is 3. The lowest BCUT2D eigenvalue weighted by atomic mass is 9.95. The Labute approximate surface area is 254 Å². The molecule has 0 atom stereocenters. The maximum absolute atomic E-state index is 15.3. The third kappa shape index (κ3) is 6.75. The normalized spacial score (nSPS) is 11.4. The van der Waals surface area contributed by atoms with E-state index < -0.39 is 18.0 Å². The summed E-state index contributed by atoms with van der Waals surface area (Å²) in [5.74, 6) is -0.341. The summed E-state index contributed by atoms with van der Waals surface area (Å²) >= 11 is 6.80. The van der Waals surface area contributed by atoms with Crippen molar-refractivity contribution in [3.8, 4) is 22.6 Å². The number of rotatable bonds is 11. The largest absolute Gasteiger partial charge is 0.496 e. The summed E-state index contributed by atoms with van der Waals surface area (Å²) in [6, 6.07) is 16.7. The second-order valence-electron chi connectivity index (χ2n) is 9.32. The summed E-state index contributed by atoms with van der Waals surface area (Å²) < 4.78 is 36.5. The van der Waals surface area contributed by atoms with Crippen LogP contribution in [0.25, 0.3) is 23.0 Å². The van der Waals surface area contributed by atoms with E-state index in [0.29, 0.717) is 45.0 Å². The van der Waals surface area contributed by atoms with Crippen molar-refractivity contribution in [2.24, 2.45) is 0 Å². The van der Waals surface area contributed by atoms with Gasteiger partial charge in [-0.25, -0.2) is 4.39 Å². The van der Waals surface area contributed by atoms with E-state index in [2.05, 4.69) is 10.3 Å². The van der Waals surface area contributed by atoms with Crippen LogP contribution in [0.3, 0.4) is 0 Å². The number of carbonyl (C=O) groups is 2. The first-order chi connectivity index (χ1) is 20.8. The molecule has 0 aliphatic rings. The van der Waals surface area contributed by atoms with Gasteiger partial charge in [0.25, 0.3) is 5.91 Å². The van der Waals surface area contributed by atoms with Crippen molar-refractivity contribution in [2.45, 2.75) is 13.2 Å². The fourth-order valence-corrected chi connectivity index (χ4v) is 4.85. The number of ether oxygens (including phenoxy) is 4. The minimum Gasteiger partial charge on any atom is -0.496 e. The van der Waals surface area contributed by atoms with Crippen molar-refractivity contribution in [1.29, 1.82) is 0 Å². The van der Waals surface area contributed by atoms with Gasteiger partial charge in [-0.15, -0.1) is 0 Å². The van der Waals surface area contributed by atoms with Gasteiger partial charge in [0.05, 0.1) is 36.1 Å². The molecule has 1 aromatic heterocycles. The molecular weight excluding hydrogens is 575 g/mol. The Balaban J connectivity index is 1.64. The molecule has 222 valence electrons. The summed E-state index contributed by atoms with van der Waals surface area (Å²) in [5.41, 5.74) is 4.40. The van der Waals surface area contributed by atoms with E-state index in [1.54, 1.807) is 24.3 Å². The van der Waals surface area contributed by atoms with Crippen molar-refractivity contribution in [3.63, 3.8) is 0 Å². The van der Waals surface area contributed by atoms with Crippen LogP contribution in [0.5, 0.6) is 11.5 Å². The van der Waals surface area contributed by atoms with Crippen LogP contribution in [0, 0.1) is 6.92 Å². The highest BCUT2D eigenvalue weighted by atomic mass is 35.5. The van der Waals surface area contributed by atoms with E-state index in [1.165, 1.54) is 65.0 Å². The highest BCUT2D eigenvalue weighted by Crippen LogP contribution is 2.37. The molecule has 0 aliphatic carbocycles. The number of nitrogens with zero attached hydrogens (tertiary/aromatic N) is 1. The molecule has 3 aromatic carbocycles. The molecule has 4 aromatic rings. The quantitative estimate of drug-likeness (QED) is 0.107. The fraction of sp³-hybridized carbons (Fsp3) is 0.182. The first-order valence-electron chi connectivity index (χ1n) is 13.1. The van der Waals surface area contributed by atoms with Crippen molar-refractivity contribution in [2.75, 3.05) is 33.8 Å². The van der Waals surface area contributed by atoms with Gasteiger partial charge in [-0.2, -0.15) is 0 Å². The molecule has 1 N–H and O–H groups in total. The first-order valence-corrected chi connectivity index (χ1v) is 13.4. The molecule has 0 bridgehead atoms. The number of aromatic nitrogens is 1. The molecule has 43 heavy (non-hydrogen) atoms. The second kappa shape index (κ2) is 14.1. The van der Waals surface area contributed by atoms with Crippen LogP contribution in [-0.4, -0.2) is 45.6 Å². The summed E-state index contributed by atoms with van der Waals surface area (Å²) in [7, 11) is 5.87. The van der Waals surface area contributed by atoms with Gasteiger partial charge in [-0.1, -0.05) is 48.0 Å². The third-order valence-electron chi connectivity index (χ3n) is 6.86. The predicted molar refractivity (Wildman–Crippen MR) is 164 cm³/mol. The SMILES string of the molecule is COc1cc(/C(F)=C/c2cccc(-c3cccc(NC(=O)c4cc(OC)c(C(OC)OC)cn4)c3Cl)c2C)ccc1C=O. The summed E-state index contributed by atoms with van der Waals surface area (Å²) in [6.07, 6.45) is 2.81. The number of pyridine rings is 1. The van der Waals surface area contributed by atoms with Crippen LogP contribution in [-0.2, 0) is 9.47 Å². The van der Waals surface area contributed by atoms with Crippen molar-refractivity contribution >= 4 is 41.4 Å². The molecule has 1 amide bonds. The molecule has 0 saturated carbocycles. The molecule has 0 radical (unpaired) electrons. The number of anilines is 1. The molecule has 1 heterocycles. The lowest BCUT2D eigenvalue weighted by molar-refractivity contribution is -0.107. The maximum Gasteiger partial charge on any atom is 0.274 e. The smallest absolute Gasteiger partial charge is 0.274 e. The van der Waals surface area contributed by atoms with Gasteiger partial charge < -0.3 is 24.3 Å². The molecule has 4 rings (SSSR count). The lowest BCUT2D eigenvalue weighted by Crippen LogP contribution is -2.15. The second-order valence-corrected chi connectivity index (χ2v) is 9.70. The first kappa shape index (κ1) is 31.4. The van der Waals surface area contributed by atoms with Crippen molar-refractivity contribution < 1.29 is 32.9 Å². The van der Waals surface area contributed by atoms with E-state index in [4.69, 9.17) is 30.5 Å². The highest BCUT2D eigenvalue weighted by Gasteiger charge is 2.20.